The van der Waals surface area contributed by atoms with Crippen LogP contribution in [0.2, 0.25) is 0 Å². The lowest BCUT2D eigenvalue weighted by Gasteiger charge is -2.14. The summed E-state index contributed by atoms with van der Waals surface area (Å²) in [6.07, 6.45) is 2.44. The maximum absolute atomic E-state index is 11.7. The van der Waals surface area contributed by atoms with Crippen LogP contribution in [-0.2, 0) is 16.1 Å². The smallest absolute Gasteiger partial charge is 0.341 e. The Balaban J connectivity index is 1.82. The van der Waals surface area contributed by atoms with E-state index in [0.29, 0.717) is 36.1 Å². The van der Waals surface area contributed by atoms with Crippen LogP contribution >= 0.6 is 0 Å². The molecule has 0 bridgehead atoms. The summed E-state index contributed by atoms with van der Waals surface area (Å²) in [5.41, 5.74) is 0.430. The van der Waals surface area contributed by atoms with Crippen molar-refractivity contribution in [2.24, 2.45) is 5.92 Å². The quantitative estimate of drug-likeness (QED) is 0.768. The van der Waals surface area contributed by atoms with Crippen LogP contribution < -0.4 is 5.32 Å². The molecule has 0 atom stereocenters. The summed E-state index contributed by atoms with van der Waals surface area (Å²) in [4.78, 5) is 25.1. The number of esters is 1. The van der Waals surface area contributed by atoms with Gasteiger partial charge in [0.05, 0.1) is 20.2 Å². The molecule has 1 saturated carbocycles. The number of aryl methyl sites for hydroxylation is 1. The summed E-state index contributed by atoms with van der Waals surface area (Å²) in [5, 5.41) is 2.92. The summed E-state index contributed by atoms with van der Waals surface area (Å²) >= 11 is 0. The van der Waals surface area contributed by atoms with Crippen LogP contribution in [0.1, 0.15) is 34.7 Å². The summed E-state index contributed by atoms with van der Waals surface area (Å²) in [7, 11) is 3.18. The molecule has 0 saturated heterocycles. The van der Waals surface area contributed by atoms with Gasteiger partial charge in [-0.2, -0.15) is 0 Å². The van der Waals surface area contributed by atoms with Crippen molar-refractivity contribution in [1.82, 2.24) is 10.2 Å². The third-order valence-corrected chi connectivity index (χ3v) is 3.50. The Labute approximate surface area is 124 Å². The summed E-state index contributed by atoms with van der Waals surface area (Å²) in [6.45, 7) is 3.27. The molecule has 1 aliphatic carbocycles. The van der Waals surface area contributed by atoms with E-state index in [1.54, 1.807) is 13.0 Å². The van der Waals surface area contributed by atoms with Gasteiger partial charge in [-0.05, 0) is 38.8 Å². The van der Waals surface area contributed by atoms with E-state index in [1.807, 2.05) is 11.9 Å². The second kappa shape index (κ2) is 6.76. The number of likely N-dealkylation sites (N-methyl/N-ethyl adjacent to an activating group) is 1. The average molecular weight is 294 g/mol. The Morgan fingerprint density at radius 2 is 2.19 bits per heavy atom. The van der Waals surface area contributed by atoms with E-state index in [4.69, 9.17) is 4.42 Å². The average Bonchev–Trinajstić information content (AvgIpc) is 3.19. The van der Waals surface area contributed by atoms with E-state index >= 15 is 0 Å². The molecule has 0 aliphatic heterocycles. The lowest BCUT2D eigenvalue weighted by atomic mass is 10.2. The molecule has 2 rings (SSSR count). The highest BCUT2D eigenvalue weighted by molar-refractivity contribution is 5.90. The van der Waals surface area contributed by atoms with Crippen molar-refractivity contribution >= 4 is 11.9 Å². The molecule has 6 nitrogen and oxygen atoms in total. The van der Waals surface area contributed by atoms with Gasteiger partial charge in [-0.1, -0.05) is 0 Å². The number of nitrogens with zero attached hydrogens (tertiary/aromatic N) is 1. The van der Waals surface area contributed by atoms with Gasteiger partial charge in [0.1, 0.15) is 17.1 Å². The van der Waals surface area contributed by atoms with Crippen molar-refractivity contribution in [2.75, 3.05) is 27.2 Å². The zero-order valence-corrected chi connectivity index (χ0v) is 12.8. The van der Waals surface area contributed by atoms with Crippen molar-refractivity contribution in [1.29, 1.82) is 0 Å². The van der Waals surface area contributed by atoms with Gasteiger partial charge in [-0.3, -0.25) is 9.69 Å². The standard InChI is InChI=1S/C15H22N2O4/c1-10-13(15(19)20-3)6-12(21-10)8-17(2)9-14(18)16-7-11-4-5-11/h6,11H,4-5,7-9H2,1-3H3,(H,16,18). The molecule has 1 heterocycles. The number of carbonyl (C=O) groups is 2. The van der Waals surface area contributed by atoms with E-state index in [9.17, 15) is 9.59 Å². The number of amides is 1. The van der Waals surface area contributed by atoms with Crippen LogP contribution in [-0.4, -0.2) is 44.0 Å². The fraction of sp³-hybridized carbons (Fsp3) is 0.600. The first-order chi connectivity index (χ1) is 9.99. The number of methoxy groups -OCH3 is 1. The fourth-order valence-corrected chi connectivity index (χ4v) is 2.14. The lowest BCUT2D eigenvalue weighted by molar-refractivity contribution is -0.122. The normalized spacial score (nSPS) is 14.3. The zero-order chi connectivity index (χ0) is 15.4. The predicted octanol–water partition coefficient (Wildman–Crippen LogP) is 1.33. The number of nitrogens with one attached hydrogen (secondary N) is 1. The van der Waals surface area contributed by atoms with Gasteiger partial charge < -0.3 is 14.5 Å². The molecule has 1 aliphatic rings. The van der Waals surface area contributed by atoms with E-state index in [2.05, 4.69) is 10.1 Å². The Kier molecular flexibility index (Phi) is 5.01. The monoisotopic (exact) mass is 294 g/mol. The zero-order valence-electron chi connectivity index (χ0n) is 12.8. The topological polar surface area (TPSA) is 71.8 Å². The summed E-state index contributed by atoms with van der Waals surface area (Å²) < 4.78 is 10.2. The molecule has 1 aromatic heterocycles. The Hall–Kier alpha value is -1.82. The Morgan fingerprint density at radius 3 is 2.81 bits per heavy atom. The minimum Gasteiger partial charge on any atom is -0.465 e. The minimum absolute atomic E-state index is 0.0147. The van der Waals surface area contributed by atoms with E-state index in [-0.39, 0.29) is 5.91 Å². The molecular formula is C15H22N2O4. The number of furan rings is 1. The molecule has 1 amide bonds. The molecule has 21 heavy (non-hydrogen) atoms. The SMILES string of the molecule is COC(=O)c1cc(CN(C)CC(=O)NCC2CC2)oc1C. The van der Waals surface area contributed by atoms with E-state index in [0.717, 1.165) is 6.54 Å². The Bertz CT molecular complexity index is 520. The third-order valence-electron chi connectivity index (χ3n) is 3.50. The lowest BCUT2D eigenvalue weighted by Crippen LogP contribution is -2.35. The van der Waals surface area contributed by atoms with Crippen LogP contribution in [0.15, 0.2) is 10.5 Å². The molecular weight excluding hydrogens is 272 g/mol. The van der Waals surface area contributed by atoms with Crippen LogP contribution in [0.5, 0.6) is 0 Å². The molecule has 6 heteroatoms. The predicted molar refractivity (Wildman–Crippen MR) is 76.9 cm³/mol. The first-order valence-corrected chi connectivity index (χ1v) is 7.12. The highest BCUT2D eigenvalue weighted by Crippen LogP contribution is 2.27. The van der Waals surface area contributed by atoms with Crippen LogP contribution in [0.4, 0.5) is 0 Å². The van der Waals surface area contributed by atoms with Gasteiger partial charge in [0.15, 0.2) is 0 Å². The van der Waals surface area contributed by atoms with Gasteiger partial charge in [0, 0.05) is 6.54 Å². The molecule has 1 N–H and O–H groups in total. The second-order valence-electron chi connectivity index (χ2n) is 5.59. The molecule has 1 fully saturated rings. The maximum atomic E-state index is 11.7. The van der Waals surface area contributed by atoms with E-state index in [1.165, 1.54) is 20.0 Å². The van der Waals surface area contributed by atoms with Crippen molar-refractivity contribution in [2.45, 2.75) is 26.3 Å². The van der Waals surface area contributed by atoms with Gasteiger partial charge in [-0.15, -0.1) is 0 Å². The summed E-state index contributed by atoms with van der Waals surface area (Å²) in [5.74, 6) is 1.46. The van der Waals surface area contributed by atoms with Gasteiger partial charge in [-0.25, -0.2) is 4.79 Å². The van der Waals surface area contributed by atoms with Crippen molar-refractivity contribution in [3.63, 3.8) is 0 Å². The number of hydrogen-bond acceptors (Lipinski definition) is 5. The highest BCUT2D eigenvalue weighted by atomic mass is 16.5. The third kappa shape index (κ3) is 4.60. The molecule has 116 valence electrons. The molecule has 0 spiro atoms. The van der Waals surface area contributed by atoms with Crippen LogP contribution in [0.25, 0.3) is 0 Å². The van der Waals surface area contributed by atoms with Gasteiger partial charge in [0.2, 0.25) is 5.91 Å². The fourth-order valence-electron chi connectivity index (χ4n) is 2.14. The number of ether oxygens (including phenoxy) is 1. The van der Waals surface area contributed by atoms with Gasteiger partial charge >= 0.3 is 5.97 Å². The number of carbonyl (C=O) groups excluding carboxylic acids is 2. The molecule has 0 aromatic carbocycles. The van der Waals surface area contributed by atoms with Crippen molar-refractivity contribution in [3.8, 4) is 0 Å². The summed E-state index contributed by atoms with van der Waals surface area (Å²) in [6, 6.07) is 1.67. The van der Waals surface area contributed by atoms with Crippen LogP contribution in [0, 0.1) is 12.8 Å². The molecule has 1 aromatic rings. The van der Waals surface area contributed by atoms with Crippen molar-refractivity contribution < 1.29 is 18.7 Å². The number of rotatable bonds is 7. The Morgan fingerprint density at radius 1 is 1.48 bits per heavy atom. The first-order valence-electron chi connectivity index (χ1n) is 7.12. The first kappa shape index (κ1) is 15.6. The largest absolute Gasteiger partial charge is 0.465 e. The molecule has 0 unspecified atom stereocenters. The highest BCUT2D eigenvalue weighted by Gasteiger charge is 2.22. The van der Waals surface area contributed by atoms with Gasteiger partial charge in [0.25, 0.3) is 0 Å². The molecule has 0 radical (unpaired) electrons. The van der Waals surface area contributed by atoms with Crippen molar-refractivity contribution in [3.05, 3.63) is 23.2 Å². The minimum atomic E-state index is -0.410. The van der Waals surface area contributed by atoms with Crippen LogP contribution in [0.3, 0.4) is 0 Å². The van der Waals surface area contributed by atoms with E-state index < -0.39 is 5.97 Å². The second-order valence-corrected chi connectivity index (χ2v) is 5.59. The maximum Gasteiger partial charge on any atom is 0.341 e. The number of hydrogen-bond donors (Lipinski definition) is 1.